The van der Waals surface area contributed by atoms with Crippen molar-refractivity contribution < 1.29 is 23.9 Å². The van der Waals surface area contributed by atoms with Gasteiger partial charge in [0.15, 0.2) is 23.1 Å². The van der Waals surface area contributed by atoms with Gasteiger partial charge in [-0.2, -0.15) is 0 Å². The third kappa shape index (κ3) is 6.77. The summed E-state index contributed by atoms with van der Waals surface area (Å²) >= 11 is 0. The average Bonchev–Trinajstić information content (AvgIpc) is 3.86. The standard InChI is InChI=1S/C38H60N6O5/c1-5-25-12-13-30(41-6-2)26(20-25)23-48-34(47)38-33(46)29-11-8-7-10-28(29)32(45)37(38,49-38)17-14-24(3)22-36(27-15-19-42-31(39)21-27)16-9-18-43-35(40-4)44-36/h12-14,25-31,41-42H,5-11,15-23,39H2,1-4H3,(H2,40,43,44)/t25-,26-,27?,28?,29?,30+,31?,36+,37-,38-/m0/s1. The van der Waals surface area contributed by atoms with Gasteiger partial charge in [0.1, 0.15) is 0 Å². The number of hydrogen-bond acceptors (Lipinski definition) is 9. The van der Waals surface area contributed by atoms with Crippen LogP contribution in [0.4, 0.5) is 0 Å². The molecular weight excluding hydrogens is 620 g/mol. The van der Waals surface area contributed by atoms with E-state index in [0.717, 1.165) is 89.0 Å². The molecule has 49 heavy (non-hydrogen) atoms. The number of ketones is 2. The lowest BCUT2D eigenvalue weighted by atomic mass is 9.61. The Labute approximate surface area is 292 Å². The maximum Gasteiger partial charge on any atom is 0.350 e. The Balaban J connectivity index is 1.25. The third-order valence-electron chi connectivity index (χ3n) is 12.7. The molecule has 0 aromatic heterocycles. The molecule has 3 aliphatic carbocycles. The highest BCUT2D eigenvalue weighted by atomic mass is 16.7. The van der Waals surface area contributed by atoms with Crippen molar-refractivity contribution in [3.8, 4) is 0 Å². The number of guanidine groups is 1. The molecule has 6 N–H and O–H groups in total. The van der Waals surface area contributed by atoms with Gasteiger partial charge in [0.2, 0.25) is 0 Å². The molecule has 0 aromatic rings. The Kier molecular flexibility index (Phi) is 11.0. The number of epoxide rings is 1. The van der Waals surface area contributed by atoms with Gasteiger partial charge < -0.3 is 36.5 Å². The van der Waals surface area contributed by atoms with E-state index in [9.17, 15) is 14.4 Å². The lowest BCUT2D eigenvalue weighted by Crippen LogP contribution is -2.59. The lowest BCUT2D eigenvalue weighted by Gasteiger charge is -2.45. The Morgan fingerprint density at radius 1 is 1.10 bits per heavy atom. The summed E-state index contributed by atoms with van der Waals surface area (Å²) in [5, 5.41) is 14.1. The lowest BCUT2D eigenvalue weighted by molar-refractivity contribution is -0.160. The number of rotatable bonds is 11. The average molecular weight is 681 g/mol. The van der Waals surface area contributed by atoms with Crippen molar-refractivity contribution in [3.63, 3.8) is 0 Å². The molecule has 0 spiro atoms. The molecule has 11 heteroatoms. The van der Waals surface area contributed by atoms with E-state index >= 15 is 0 Å². The van der Waals surface area contributed by atoms with Crippen LogP contribution in [0.2, 0.25) is 0 Å². The molecule has 5 fully saturated rings. The van der Waals surface area contributed by atoms with Gasteiger partial charge in [-0.15, -0.1) is 0 Å². The second-order valence-electron chi connectivity index (χ2n) is 15.7. The molecule has 3 heterocycles. The summed E-state index contributed by atoms with van der Waals surface area (Å²) < 4.78 is 12.4. The fraction of sp³-hybridized carbons (Fsp3) is 0.789. The van der Waals surface area contributed by atoms with E-state index < -0.39 is 29.0 Å². The summed E-state index contributed by atoms with van der Waals surface area (Å²) in [5.41, 5.74) is 3.86. The number of hydrogen-bond donors (Lipinski definition) is 5. The fourth-order valence-electron chi connectivity index (χ4n) is 9.91. The van der Waals surface area contributed by atoms with E-state index in [2.05, 4.69) is 59.2 Å². The van der Waals surface area contributed by atoms with Crippen molar-refractivity contribution in [3.05, 3.63) is 23.8 Å². The number of esters is 1. The molecule has 10 atom stereocenters. The molecule has 272 valence electrons. The van der Waals surface area contributed by atoms with Crippen LogP contribution in [-0.2, 0) is 23.9 Å². The Morgan fingerprint density at radius 3 is 2.59 bits per heavy atom. The monoisotopic (exact) mass is 680 g/mol. The van der Waals surface area contributed by atoms with Crippen LogP contribution in [0.1, 0.15) is 97.8 Å². The van der Waals surface area contributed by atoms with Crippen LogP contribution < -0.4 is 27.0 Å². The summed E-state index contributed by atoms with van der Waals surface area (Å²) in [5.74, 6) is -0.281. The van der Waals surface area contributed by atoms with Crippen LogP contribution in [0.15, 0.2) is 28.8 Å². The van der Waals surface area contributed by atoms with Gasteiger partial charge in [0.25, 0.3) is 5.60 Å². The minimum Gasteiger partial charge on any atom is -0.463 e. The Bertz CT molecular complexity index is 1350. The highest BCUT2D eigenvalue weighted by Gasteiger charge is 2.86. The number of allylic oxidation sites excluding steroid dienone is 1. The van der Waals surface area contributed by atoms with E-state index in [1.807, 2.05) is 6.08 Å². The predicted molar refractivity (Wildman–Crippen MR) is 190 cm³/mol. The number of nitrogens with one attached hydrogen (secondary N) is 4. The van der Waals surface area contributed by atoms with Gasteiger partial charge in [-0.1, -0.05) is 50.5 Å². The van der Waals surface area contributed by atoms with E-state index in [1.165, 1.54) is 0 Å². The first-order valence-electron chi connectivity index (χ1n) is 19.1. The molecule has 0 aromatic carbocycles. The highest BCUT2D eigenvalue weighted by molar-refractivity contribution is 6.23. The Morgan fingerprint density at radius 2 is 1.88 bits per heavy atom. The first-order chi connectivity index (χ1) is 23.6. The van der Waals surface area contributed by atoms with Crippen LogP contribution >= 0.6 is 0 Å². The van der Waals surface area contributed by atoms with Crippen molar-refractivity contribution in [1.29, 1.82) is 0 Å². The second-order valence-corrected chi connectivity index (χ2v) is 15.7. The number of ether oxygens (including phenoxy) is 2. The molecule has 0 radical (unpaired) electrons. The number of likely N-dealkylation sites (N-methyl/N-ethyl adjacent to an activating group) is 1. The van der Waals surface area contributed by atoms with Crippen LogP contribution in [0.25, 0.3) is 0 Å². The van der Waals surface area contributed by atoms with Crippen molar-refractivity contribution in [1.82, 2.24) is 21.3 Å². The maximum absolute atomic E-state index is 14.4. The van der Waals surface area contributed by atoms with Crippen molar-refractivity contribution in [2.45, 2.75) is 127 Å². The smallest absolute Gasteiger partial charge is 0.350 e. The van der Waals surface area contributed by atoms with Gasteiger partial charge in [0, 0.05) is 49.3 Å². The van der Waals surface area contributed by atoms with Crippen LogP contribution in [-0.4, -0.2) is 85.7 Å². The zero-order valence-electron chi connectivity index (χ0n) is 30.2. The molecule has 2 saturated carbocycles. The van der Waals surface area contributed by atoms with Crippen LogP contribution in [0, 0.1) is 29.6 Å². The zero-order valence-corrected chi connectivity index (χ0v) is 30.2. The SMILES string of the molecule is CCN[C@@H]1C=C[C@H](CC)C[C@H]1COC(=O)[C@]12O[C@@]1(CC=C(C)C[C@@]1(C3CCNC(N)C3)CCCNC(=NC)N1)C(=O)C1CCCCC1C2=O. The zero-order chi connectivity index (χ0) is 34.8. The quantitative estimate of drug-likeness (QED) is 0.0949. The number of carbonyl (C=O) groups excluding carboxylic acids is 3. The molecular formula is C38H60N6O5. The molecule has 3 saturated heterocycles. The van der Waals surface area contributed by atoms with E-state index in [-0.39, 0.29) is 48.3 Å². The topological polar surface area (TPSA) is 159 Å². The van der Waals surface area contributed by atoms with E-state index in [4.69, 9.17) is 15.2 Å². The number of carbonyl (C=O) groups is 3. The van der Waals surface area contributed by atoms with Crippen LogP contribution in [0.3, 0.4) is 0 Å². The molecule has 0 amide bonds. The highest BCUT2D eigenvalue weighted by Crippen LogP contribution is 2.61. The number of fused-ring (bicyclic) bond motifs is 2. The van der Waals surface area contributed by atoms with Gasteiger partial charge in [-0.3, -0.25) is 14.6 Å². The number of nitrogens with zero attached hydrogens (tertiary/aromatic N) is 1. The molecule has 0 bridgehead atoms. The van der Waals surface area contributed by atoms with Crippen molar-refractivity contribution >= 4 is 23.5 Å². The summed E-state index contributed by atoms with van der Waals surface area (Å²) in [4.78, 5) is 47.4. The third-order valence-corrected chi connectivity index (χ3v) is 12.7. The molecule has 4 unspecified atom stereocenters. The first-order valence-corrected chi connectivity index (χ1v) is 19.1. The van der Waals surface area contributed by atoms with Gasteiger partial charge >= 0.3 is 5.97 Å². The summed E-state index contributed by atoms with van der Waals surface area (Å²) in [7, 11) is 1.79. The molecule has 11 nitrogen and oxygen atoms in total. The summed E-state index contributed by atoms with van der Waals surface area (Å²) in [6, 6.07) is 0.0906. The number of Topliss-reactive ketones (excluding diaryl/α,β-unsaturated/α-hetero) is 2. The molecule has 6 rings (SSSR count). The van der Waals surface area contributed by atoms with E-state index in [0.29, 0.717) is 24.7 Å². The van der Waals surface area contributed by atoms with Crippen molar-refractivity contribution in [2.75, 3.05) is 33.3 Å². The molecule has 3 aliphatic heterocycles. The minimum absolute atomic E-state index is 0.0647. The Hall–Kier alpha value is -2.60. The van der Waals surface area contributed by atoms with Gasteiger partial charge in [0.05, 0.1) is 12.8 Å². The maximum atomic E-state index is 14.4. The second kappa shape index (κ2) is 14.9. The number of piperidine rings is 1. The first kappa shape index (κ1) is 36.2. The molecule has 6 aliphatic rings. The predicted octanol–water partition coefficient (Wildman–Crippen LogP) is 3.28. The van der Waals surface area contributed by atoms with Gasteiger partial charge in [-0.05, 0) is 89.6 Å². The normalized spacial score (nSPS) is 41.6. The number of aliphatic imine (C=N–C) groups is 1. The summed E-state index contributed by atoms with van der Waals surface area (Å²) in [6.07, 6.45) is 16.1. The minimum atomic E-state index is -1.85. The fourth-order valence-corrected chi connectivity index (χ4v) is 9.91. The van der Waals surface area contributed by atoms with Gasteiger partial charge in [-0.25, -0.2) is 4.79 Å². The van der Waals surface area contributed by atoms with Crippen LogP contribution in [0.5, 0.6) is 0 Å². The van der Waals surface area contributed by atoms with E-state index in [1.54, 1.807) is 7.05 Å². The largest absolute Gasteiger partial charge is 0.463 e. The van der Waals surface area contributed by atoms with Crippen molar-refractivity contribution in [2.24, 2.45) is 40.3 Å². The number of nitrogens with two attached hydrogens (primary N) is 1. The summed E-state index contributed by atoms with van der Waals surface area (Å²) in [6.45, 7) is 9.01.